The Kier molecular flexibility index (Phi) is 4.46. The van der Waals surface area contributed by atoms with Crippen molar-refractivity contribution >= 4 is 17.3 Å². The number of hydrogen-bond acceptors (Lipinski definition) is 2. The Morgan fingerprint density at radius 1 is 1.11 bits per heavy atom. The van der Waals surface area contributed by atoms with E-state index in [1.54, 1.807) is 0 Å². The van der Waals surface area contributed by atoms with Gasteiger partial charge in [0.25, 0.3) is 0 Å². The van der Waals surface area contributed by atoms with E-state index in [2.05, 4.69) is 36.1 Å². The van der Waals surface area contributed by atoms with Crippen LogP contribution in [0.5, 0.6) is 0 Å². The molecule has 0 unspecified atom stereocenters. The topological polar surface area (TPSA) is 29.3 Å². The molecule has 0 heterocycles. The van der Waals surface area contributed by atoms with E-state index in [1.165, 1.54) is 11.1 Å². The summed E-state index contributed by atoms with van der Waals surface area (Å²) in [5, 5.41) is 0.748. The van der Waals surface area contributed by atoms with Gasteiger partial charge in [0, 0.05) is 20.1 Å². The summed E-state index contributed by atoms with van der Waals surface area (Å²) in [4.78, 5) is 2.15. The average molecular weight is 275 g/mol. The maximum atomic E-state index is 6.30. The first-order chi connectivity index (χ1) is 9.11. The first kappa shape index (κ1) is 13.9. The fourth-order valence-corrected chi connectivity index (χ4v) is 2.54. The molecule has 0 amide bonds. The Hall–Kier alpha value is -1.51. The summed E-state index contributed by atoms with van der Waals surface area (Å²) in [5.41, 5.74) is 10.4. The Morgan fingerprint density at radius 2 is 1.79 bits per heavy atom. The number of para-hydroxylation sites is 1. The number of hydrogen-bond donors (Lipinski definition) is 1. The third-order valence-electron chi connectivity index (χ3n) is 3.21. The third kappa shape index (κ3) is 3.28. The molecule has 0 aliphatic rings. The second-order valence-electron chi connectivity index (χ2n) is 4.79. The zero-order valence-electron chi connectivity index (χ0n) is 11.4. The van der Waals surface area contributed by atoms with Crippen molar-refractivity contribution in [2.24, 2.45) is 5.73 Å². The molecule has 0 aromatic heterocycles. The number of rotatable bonds is 4. The lowest BCUT2D eigenvalue weighted by molar-refractivity contribution is 0.903. The van der Waals surface area contributed by atoms with Gasteiger partial charge in [-0.25, -0.2) is 0 Å². The van der Waals surface area contributed by atoms with Crippen LogP contribution in [0.4, 0.5) is 5.69 Å². The predicted molar refractivity (Wildman–Crippen MR) is 82.6 cm³/mol. The summed E-state index contributed by atoms with van der Waals surface area (Å²) in [6.07, 6.45) is 0. The van der Waals surface area contributed by atoms with Crippen molar-refractivity contribution in [1.82, 2.24) is 0 Å². The van der Waals surface area contributed by atoms with E-state index in [9.17, 15) is 0 Å². The zero-order chi connectivity index (χ0) is 13.8. The van der Waals surface area contributed by atoms with Gasteiger partial charge in [0.1, 0.15) is 0 Å². The molecule has 0 bridgehead atoms. The standard InChI is InChI=1S/C16H19ClN2/c1-12-6-8-13(9-7-12)11-19(2)16-14(10-18)4-3-5-15(16)17/h3-9H,10-11,18H2,1-2H3. The van der Waals surface area contributed by atoms with Crippen LogP contribution in [0, 0.1) is 6.92 Å². The van der Waals surface area contributed by atoms with Gasteiger partial charge >= 0.3 is 0 Å². The highest BCUT2D eigenvalue weighted by Crippen LogP contribution is 2.29. The van der Waals surface area contributed by atoms with Crippen LogP contribution in [0.2, 0.25) is 5.02 Å². The van der Waals surface area contributed by atoms with Crippen molar-refractivity contribution < 1.29 is 0 Å². The highest BCUT2D eigenvalue weighted by Gasteiger charge is 2.11. The van der Waals surface area contributed by atoms with Crippen molar-refractivity contribution in [2.75, 3.05) is 11.9 Å². The van der Waals surface area contributed by atoms with E-state index in [4.69, 9.17) is 17.3 Å². The molecular formula is C16H19ClN2. The average Bonchev–Trinajstić information content (AvgIpc) is 2.40. The van der Waals surface area contributed by atoms with Gasteiger partial charge in [-0.15, -0.1) is 0 Å². The quantitative estimate of drug-likeness (QED) is 0.920. The molecule has 2 rings (SSSR count). The minimum Gasteiger partial charge on any atom is -0.369 e. The Labute approximate surface area is 119 Å². The first-order valence-electron chi connectivity index (χ1n) is 6.36. The van der Waals surface area contributed by atoms with Crippen molar-refractivity contribution in [3.63, 3.8) is 0 Å². The summed E-state index contributed by atoms with van der Waals surface area (Å²) in [5.74, 6) is 0. The Balaban J connectivity index is 2.24. The van der Waals surface area contributed by atoms with E-state index in [1.807, 2.05) is 25.2 Å². The fourth-order valence-electron chi connectivity index (χ4n) is 2.20. The molecule has 0 spiro atoms. The Morgan fingerprint density at radius 3 is 2.42 bits per heavy atom. The van der Waals surface area contributed by atoms with Crippen LogP contribution in [0.15, 0.2) is 42.5 Å². The Bertz CT molecular complexity index is 549. The van der Waals surface area contributed by atoms with Crippen LogP contribution in [0.1, 0.15) is 16.7 Å². The predicted octanol–water partition coefficient (Wildman–Crippen LogP) is 3.74. The van der Waals surface area contributed by atoms with E-state index in [0.29, 0.717) is 6.54 Å². The van der Waals surface area contributed by atoms with Crippen molar-refractivity contribution in [2.45, 2.75) is 20.0 Å². The molecule has 3 heteroatoms. The molecule has 2 aromatic rings. The summed E-state index contributed by atoms with van der Waals surface area (Å²) in [6.45, 7) is 3.40. The highest BCUT2D eigenvalue weighted by atomic mass is 35.5. The van der Waals surface area contributed by atoms with Crippen molar-refractivity contribution in [3.05, 3.63) is 64.2 Å². The van der Waals surface area contributed by atoms with Gasteiger partial charge in [0.05, 0.1) is 10.7 Å². The molecule has 2 aromatic carbocycles. The molecule has 100 valence electrons. The number of halogens is 1. The maximum Gasteiger partial charge on any atom is 0.0642 e. The van der Waals surface area contributed by atoms with Crippen molar-refractivity contribution in [1.29, 1.82) is 0 Å². The molecule has 0 fully saturated rings. The second-order valence-corrected chi connectivity index (χ2v) is 5.20. The lowest BCUT2D eigenvalue weighted by atomic mass is 10.1. The second kappa shape index (κ2) is 6.09. The summed E-state index contributed by atoms with van der Waals surface area (Å²) < 4.78 is 0. The first-order valence-corrected chi connectivity index (χ1v) is 6.73. The van der Waals surface area contributed by atoms with E-state index < -0.39 is 0 Å². The monoisotopic (exact) mass is 274 g/mol. The van der Waals surface area contributed by atoms with Crippen LogP contribution in [0.3, 0.4) is 0 Å². The summed E-state index contributed by atoms with van der Waals surface area (Å²) in [7, 11) is 2.04. The summed E-state index contributed by atoms with van der Waals surface area (Å²) in [6, 6.07) is 14.4. The van der Waals surface area contributed by atoms with Crippen LogP contribution < -0.4 is 10.6 Å². The number of nitrogens with zero attached hydrogens (tertiary/aromatic N) is 1. The van der Waals surface area contributed by atoms with Crippen molar-refractivity contribution in [3.8, 4) is 0 Å². The zero-order valence-corrected chi connectivity index (χ0v) is 12.1. The normalized spacial score (nSPS) is 10.5. The van der Waals surface area contributed by atoms with Crippen LogP contribution in [0.25, 0.3) is 0 Å². The third-order valence-corrected chi connectivity index (χ3v) is 3.52. The molecule has 2 nitrogen and oxygen atoms in total. The molecular weight excluding hydrogens is 256 g/mol. The molecule has 2 N–H and O–H groups in total. The largest absolute Gasteiger partial charge is 0.369 e. The van der Waals surface area contributed by atoms with Gasteiger partial charge in [-0.1, -0.05) is 53.6 Å². The molecule has 19 heavy (non-hydrogen) atoms. The maximum absolute atomic E-state index is 6.30. The highest BCUT2D eigenvalue weighted by molar-refractivity contribution is 6.33. The molecule has 0 saturated carbocycles. The molecule has 0 radical (unpaired) electrons. The lowest BCUT2D eigenvalue weighted by Crippen LogP contribution is -2.19. The number of anilines is 1. The van der Waals surface area contributed by atoms with Crippen LogP contribution in [-0.4, -0.2) is 7.05 Å². The number of benzene rings is 2. The molecule has 0 aliphatic heterocycles. The number of aryl methyl sites for hydroxylation is 1. The van der Waals surface area contributed by atoms with Gasteiger partial charge in [-0.2, -0.15) is 0 Å². The SMILES string of the molecule is Cc1ccc(CN(C)c2c(Cl)cccc2CN)cc1. The fraction of sp³-hybridized carbons (Fsp3) is 0.250. The van der Waals surface area contributed by atoms with E-state index >= 15 is 0 Å². The smallest absolute Gasteiger partial charge is 0.0642 e. The molecule has 0 aliphatic carbocycles. The number of nitrogens with two attached hydrogens (primary N) is 1. The summed E-state index contributed by atoms with van der Waals surface area (Å²) >= 11 is 6.30. The molecule has 0 saturated heterocycles. The van der Waals surface area contributed by atoms with Gasteiger partial charge in [0.15, 0.2) is 0 Å². The van der Waals surface area contributed by atoms with Gasteiger partial charge in [-0.05, 0) is 24.1 Å². The van der Waals surface area contributed by atoms with Crippen LogP contribution >= 0.6 is 11.6 Å². The van der Waals surface area contributed by atoms with Gasteiger partial charge in [-0.3, -0.25) is 0 Å². The molecule has 0 atom stereocenters. The van der Waals surface area contributed by atoms with Gasteiger partial charge < -0.3 is 10.6 Å². The minimum atomic E-state index is 0.494. The minimum absolute atomic E-state index is 0.494. The van der Waals surface area contributed by atoms with E-state index in [0.717, 1.165) is 22.8 Å². The van der Waals surface area contributed by atoms with Crippen LogP contribution in [-0.2, 0) is 13.1 Å². The lowest BCUT2D eigenvalue weighted by Gasteiger charge is -2.23. The van der Waals surface area contributed by atoms with Gasteiger partial charge in [0.2, 0.25) is 0 Å². The van der Waals surface area contributed by atoms with E-state index in [-0.39, 0.29) is 0 Å².